The quantitative estimate of drug-likeness (QED) is 0.518. The van der Waals surface area contributed by atoms with Crippen LogP contribution in [0.1, 0.15) is 25.3 Å². The van der Waals surface area contributed by atoms with Crippen molar-refractivity contribution in [2.45, 2.75) is 24.5 Å². The highest BCUT2D eigenvalue weighted by Gasteiger charge is 2.43. The third-order valence-electron chi connectivity index (χ3n) is 5.87. The summed E-state index contributed by atoms with van der Waals surface area (Å²) in [4.78, 5) is 18.1. The van der Waals surface area contributed by atoms with Gasteiger partial charge in [0.2, 0.25) is 0 Å². The summed E-state index contributed by atoms with van der Waals surface area (Å²) in [5, 5.41) is 8.93. The second kappa shape index (κ2) is 9.07. The Kier molecular flexibility index (Phi) is 6.70. The van der Waals surface area contributed by atoms with E-state index in [-0.39, 0.29) is 6.42 Å². The third kappa shape index (κ3) is 4.77. The summed E-state index contributed by atoms with van der Waals surface area (Å²) in [5.41, 5.74) is 6.19. The number of hydrogen-bond acceptors (Lipinski definition) is 6. The van der Waals surface area contributed by atoms with Crippen LogP contribution in [0.2, 0.25) is 0 Å². The fourth-order valence-electron chi connectivity index (χ4n) is 3.55. The molecule has 1 aliphatic heterocycles. The summed E-state index contributed by atoms with van der Waals surface area (Å²) in [7, 11) is -3.68. The summed E-state index contributed by atoms with van der Waals surface area (Å²) in [6.07, 6.45) is 7.68. The smallest absolute Gasteiger partial charge is 0.264 e. The van der Waals surface area contributed by atoms with Gasteiger partial charge >= 0.3 is 0 Å². The Morgan fingerprint density at radius 1 is 1.13 bits per heavy atom. The van der Waals surface area contributed by atoms with E-state index in [2.05, 4.69) is 40.2 Å². The Hall–Kier alpha value is -2.55. The molecule has 0 spiro atoms. The van der Waals surface area contributed by atoms with Crippen LogP contribution in [0.4, 0.5) is 0 Å². The molecule has 1 unspecified atom stereocenters. The van der Waals surface area contributed by atoms with Gasteiger partial charge in [-0.15, -0.1) is 0 Å². The van der Waals surface area contributed by atoms with Crippen molar-refractivity contribution >= 4 is 21.3 Å². The lowest BCUT2D eigenvalue weighted by Gasteiger charge is -2.31. The molecule has 160 valence electrons. The Morgan fingerprint density at radius 2 is 1.73 bits per heavy atom. The molecule has 30 heavy (non-hydrogen) atoms. The second-order valence-electron chi connectivity index (χ2n) is 7.79. The zero-order valence-electron chi connectivity index (χ0n) is 17.2. The molecule has 0 saturated heterocycles. The number of hydroxylamine groups is 1. The monoisotopic (exact) mass is 429 g/mol. The summed E-state index contributed by atoms with van der Waals surface area (Å²) in [6, 6.07) is 12.4. The van der Waals surface area contributed by atoms with Gasteiger partial charge in [0, 0.05) is 38.3 Å². The summed E-state index contributed by atoms with van der Waals surface area (Å²) < 4.78 is 22.5. The maximum absolute atomic E-state index is 12.1. The number of rotatable bonds is 7. The fourth-order valence-corrected chi connectivity index (χ4v) is 4.40. The summed E-state index contributed by atoms with van der Waals surface area (Å²) in [6.45, 7) is 3.26. The van der Waals surface area contributed by atoms with Crippen LogP contribution < -0.4 is 5.48 Å². The van der Waals surface area contributed by atoms with E-state index in [4.69, 9.17) is 5.21 Å². The van der Waals surface area contributed by atoms with Gasteiger partial charge in [-0.25, -0.2) is 13.9 Å². The first-order valence-electron chi connectivity index (χ1n) is 9.81. The van der Waals surface area contributed by atoms with E-state index in [1.807, 2.05) is 12.1 Å². The number of hydrogen-bond donors (Lipinski definition) is 2. The van der Waals surface area contributed by atoms with Crippen molar-refractivity contribution in [1.29, 1.82) is 0 Å². The number of carbonyl (C=O) groups excluding carboxylic acids is 1. The van der Waals surface area contributed by atoms with E-state index in [9.17, 15) is 13.2 Å². The van der Waals surface area contributed by atoms with Crippen molar-refractivity contribution in [3.8, 4) is 11.1 Å². The first-order valence-corrected chi connectivity index (χ1v) is 11.7. The van der Waals surface area contributed by atoms with Crippen molar-refractivity contribution in [3.63, 3.8) is 0 Å². The van der Waals surface area contributed by atoms with Gasteiger partial charge in [-0.3, -0.25) is 19.9 Å². The molecular formula is C22H27N3O4S. The van der Waals surface area contributed by atoms with Crippen molar-refractivity contribution in [2.75, 3.05) is 25.9 Å². The number of pyridine rings is 1. The van der Waals surface area contributed by atoms with Crippen LogP contribution in [0.3, 0.4) is 0 Å². The first-order chi connectivity index (χ1) is 14.2. The van der Waals surface area contributed by atoms with Gasteiger partial charge in [0.25, 0.3) is 5.91 Å². The van der Waals surface area contributed by atoms with Crippen LogP contribution in [0.5, 0.6) is 0 Å². The molecular weight excluding hydrogens is 402 g/mol. The normalized spacial score (nSPS) is 17.1. The molecule has 2 aromatic rings. The van der Waals surface area contributed by atoms with Crippen molar-refractivity contribution in [3.05, 3.63) is 60.4 Å². The van der Waals surface area contributed by atoms with E-state index in [0.717, 1.165) is 30.3 Å². The van der Waals surface area contributed by atoms with E-state index in [1.165, 1.54) is 23.5 Å². The van der Waals surface area contributed by atoms with E-state index in [1.54, 1.807) is 12.4 Å². The highest BCUT2D eigenvalue weighted by atomic mass is 32.2. The molecule has 2 N–H and O–H groups in total. The lowest BCUT2D eigenvalue weighted by molar-refractivity contribution is -0.131. The van der Waals surface area contributed by atoms with Crippen LogP contribution in [-0.2, 0) is 14.6 Å². The molecule has 0 fully saturated rings. The maximum Gasteiger partial charge on any atom is 0.264 e. The number of carbonyl (C=O) groups is 1. The number of sulfone groups is 1. The molecule has 0 saturated carbocycles. The highest BCUT2D eigenvalue weighted by molar-refractivity contribution is 7.92. The minimum absolute atomic E-state index is 0.113. The molecule has 0 aliphatic carbocycles. The molecule has 1 aromatic carbocycles. The average molecular weight is 430 g/mol. The zero-order chi connectivity index (χ0) is 21.8. The number of amides is 1. The van der Waals surface area contributed by atoms with Crippen molar-refractivity contribution < 1.29 is 18.4 Å². The average Bonchev–Trinajstić information content (AvgIpc) is 2.77. The van der Waals surface area contributed by atoms with Gasteiger partial charge in [0.15, 0.2) is 14.6 Å². The Balaban J connectivity index is 1.63. The van der Waals surface area contributed by atoms with E-state index >= 15 is 0 Å². The molecule has 7 nitrogen and oxygen atoms in total. The molecule has 1 aromatic heterocycles. The van der Waals surface area contributed by atoms with Gasteiger partial charge in [0.05, 0.1) is 0 Å². The van der Waals surface area contributed by atoms with Crippen LogP contribution in [-0.4, -0.2) is 60.1 Å². The molecule has 0 radical (unpaired) electrons. The number of nitrogens with one attached hydrogen (secondary N) is 1. The summed E-state index contributed by atoms with van der Waals surface area (Å²) >= 11 is 0. The molecule has 0 bridgehead atoms. The fraction of sp³-hybridized carbons (Fsp3) is 0.364. The van der Waals surface area contributed by atoms with Crippen LogP contribution >= 0.6 is 0 Å². The zero-order valence-corrected chi connectivity index (χ0v) is 18.0. The molecule has 8 heteroatoms. The number of nitrogens with zero attached hydrogens (tertiary/aromatic N) is 2. The Morgan fingerprint density at radius 3 is 2.27 bits per heavy atom. The second-order valence-corrected chi connectivity index (χ2v) is 10.2. The maximum atomic E-state index is 12.1. The van der Waals surface area contributed by atoms with E-state index < -0.39 is 20.5 Å². The van der Waals surface area contributed by atoms with Gasteiger partial charge in [-0.05, 0) is 54.2 Å². The largest absolute Gasteiger partial charge is 0.299 e. The first kappa shape index (κ1) is 22.1. The SMILES string of the molecule is CC(CCN1CC=C(c2ccc(-c3ccncc3)cc2)CC1)(C(=O)NO)S(C)(=O)=O. The van der Waals surface area contributed by atoms with Crippen molar-refractivity contribution in [2.24, 2.45) is 0 Å². The minimum atomic E-state index is -3.68. The molecule has 1 amide bonds. The van der Waals surface area contributed by atoms with Gasteiger partial charge in [0.1, 0.15) is 0 Å². The number of aromatic nitrogens is 1. The standard InChI is InChI=1S/C22H27N3O4S/c1-22(21(26)24-27,30(2,28)29)11-16-25-14-9-20(10-15-25)18-5-3-17(4-6-18)19-7-12-23-13-8-19/h3-9,12-13,27H,10-11,14-16H2,1-2H3,(H,24,26). The van der Waals surface area contributed by atoms with Gasteiger partial charge in [-0.2, -0.15) is 0 Å². The predicted octanol–water partition coefficient (Wildman–Crippen LogP) is 2.54. The topological polar surface area (TPSA) is 99.6 Å². The van der Waals surface area contributed by atoms with E-state index in [0.29, 0.717) is 13.1 Å². The molecule has 1 aliphatic rings. The van der Waals surface area contributed by atoms with Crippen LogP contribution in [0, 0.1) is 0 Å². The highest BCUT2D eigenvalue weighted by Crippen LogP contribution is 2.27. The summed E-state index contributed by atoms with van der Waals surface area (Å²) in [5.74, 6) is -0.896. The molecule has 3 rings (SSSR count). The van der Waals surface area contributed by atoms with Crippen LogP contribution in [0.15, 0.2) is 54.9 Å². The van der Waals surface area contributed by atoms with Gasteiger partial charge < -0.3 is 0 Å². The minimum Gasteiger partial charge on any atom is -0.299 e. The predicted molar refractivity (Wildman–Crippen MR) is 117 cm³/mol. The lowest BCUT2D eigenvalue weighted by Crippen LogP contribution is -2.51. The number of benzene rings is 1. The molecule has 1 atom stereocenters. The van der Waals surface area contributed by atoms with Crippen molar-refractivity contribution in [1.82, 2.24) is 15.4 Å². The lowest BCUT2D eigenvalue weighted by atomic mass is 9.96. The third-order valence-corrected chi connectivity index (χ3v) is 7.89. The Bertz CT molecular complexity index is 1020. The van der Waals surface area contributed by atoms with Gasteiger partial charge in [-0.1, -0.05) is 30.3 Å². The Labute approximate surface area is 177 Å². The van der Waals surface area contributed by atoms with Crippen LogP contribution in [0.25, 0.3) is 16.7 Å². The molecule has 2 heterocycles.